The number of hydrogen-bond acceptors (Lipinski definition) is 4. The molecule has 2 aromatic rings. The van der Waals surface area contributed by atoms with Crippen LogP contribution in [0.1, 0.15) is 34.6 Å². The van der Waals surface area contributed by atoms with Crippen LogP contribution in [-0.4, -0.2) is 17.9 Å². The number of carbonyl (C=O) groups excluding carboxylic acids is 1. The maximum atomic E-state index is 11.4. The van der Waals surface area contributed by atoms with Crippen LogP contribution >= 0.6 is 11.6 Å². The molecule has 3 N–H and O–H groups in total. The monoisotopic (exact) mass is 307 g/mol. The van der Waals surface area contributed by atoms with Crippen molar-refractivity contribution in [1.82, 2.24) is 10.3 Å². The van der Waals surface area contributed by atoms with E-state index in [1.165, 1.54) is 6.26 Å². The standard InChI is InChI=1S/C15H18ClN3O2/c1-10(11-4-3-5-13(16)6-11)19(2)8-14-7-12(9-21-14)15(20)18-17/h3-7,9-10H,8,17H2,1-2H3,(H,18,20). The number of hydrogen-bond donors (Lipinski definition) is 2. The Labute approximate surface area is 128 Å². The molecule has 0 radical (unpaired) electrons. The molecule has 112 valence electrons. The van der Waals surface area contributed by atoms with Gasteiger partial charge in [0, 0.05) is 11.1 Å². The molecule has 1 unspecified atom stereocenters. The van der Waals surface area contributed by atoms with Crippen molar-refractivity contribution in [2.75, 3.05) is 7.05 Å². The van der Waals surface area contributed by atoms with E-state index in [2.05, 4.69) is 17.2 Å². The summed E-state index contributed by atoms with van der Waals surface area (Å²) in [5, 5.41) is 0.715. The lowest BCUT2D eigenvalue weighted by atomic mass is 10.1. The molecule has 5 nitrogen and oxygen atoms in total. The van der Waals surface area contributed by atoms with Gasteiger partial charge in [0.25, 0.3) is 5.91 Å². The lowest BCUT2D eigenvalue weighted by molar-refractivity contribution is 0.0953. The van der Waals surface area contributed by atoms with Crippen molar-refractivity contribution < 1.29 is 9.21 Å². The number of carbonyl (C=O) groups is 1. The first kappa shape index (κ1) is 15.6. The van der Waals surface area contributed by atoms with Gasteiger partial charge in [-0.1, -0.05) is 23.7 Å². The van der Waals surface area contributed by atoms with Crippen molar-refractivity contribution in [2.24, 2.45) is 5.84 Å². The van der Waals surface area contributed by atoms with Gasteiger partial charge in [0.1, 0.15) is 12.0 Å². The fraction of sp³-hybridized carbons (Fsp3) is 0.267. The largest absolute Gasteiger partial charge is 0.467 e. The molecule has 1 atom stereocenters. The Morgan fingerprint density at radius 1 is 1.48 bits per heavy atom. The van der Waals surface area contributed by atoms with Crippen LogP contribution in [0.15, 0.2) is 41.0 Å². The zero-order valence-electron chi connectivity index (χ0n) is 12.0. The smallest absolute Gasteiger partial charge is 0.268 e. The van der Waals surface area contributed by atoms with E-state index < -0.39 is 0 Å². The number of furan rings is 1. The van der Waals surface area contributed by atoms with Crippen molar-refractivity contribution in [3.63, 3.8) is 0 Å². The number of amides is 1. The summed E-state index contributed by atoms with van der Waals surface area (Å²) in [5.74, 6) is 5.42. The fourth-order valence-corrected chi connectivity index (χ4v) is 2.27. The molecule has 1 aromatic heterocycles. The predicted octanol–water partition coefficient (Wildman–Crippen LogP) is 2.73. The van der Waals surface area contributed by atoms with Gasteiger partial charge in [-0.05, 0) is 37.7 Å². The van der Waals surface area contributed by atoms with Crippen molar-refractivity contribution in [1.29, 1.82) is 0 Å². The number of nitrogens with zero attached hydrogens (tertiary/aromatic N) is 1. The average Bonchev–Trinajstić information content (AvgIpc) is 2.94. The third kappa shape index (κ3) is 3.85. The van der Waals surface area contributed by atoms with Crippen LogP contribution in [0.3, 0.4) is 0 Å². The van der Waals surface area contributed by atoms with Crippen LogP contribution in [0.25, 0.3) is 0 Å². The lowest BCUT2D eigenvalue weighted by Crippen LogP contribution is -2.29. The lowest BCUT2D eigenvalue weighted by Gasteiger charge is -2.24. The van der Waals surface area contributed by atoms with Crippen LogP contribution < -0.4 is 11.3 Å². The summed E-state index contributed by atoms with van der Waals surface area (Å²) in [6, 6.07) is 9.60. The quantitative estimate of drug-likeness (QED) is 0.506. The van der Waals surface area contributed by atoms with E-state index in [1.807, 2.05) is 31.3 Å². The molecule has 0 bridgehead atoms. The molecule has 21 heavy (non-hydrogen) atoms. The van der Waals surface area contributed by atoms with Gasteiger partial charge in [-0.3, -0.25) is 15.1 Å². The van der Waals surface area contributed by atoms with Crippen molar-refractivity contribution in [3.8, 4) is 0 Å². The number of nitrogen functional groups attached to an aromatic ring is 1. The highest BCUT2D eigenvalue weighted by molar-refractivity contribution is 6.30. The third-order valence-corrected chi connectivity index (χ3v) is 3.68. The highest BCUT2D eigenvalue weighted by atomic mass is 35.5. The normalized spacial score (nSPS) is 12.4. The Hall–Kier alpha value is -1.82. The Balaban J connectivity index is 2.05. The van der Waals surface area contributed by atoms with Gasteiger partial charge in [0.2, 0.25) is 0 Å². The van der Waals surface area contributed by atoms with Crippen LogP contribution in [0.5, 0.6) is 0 Å². The predicted molar refractivity (Wildman–Crippen MR) is 81.7 cm³/mol. The van der Waals surface area contributed by atoms with Crippen molar-refractivity contribution in [3.05, 3.63) is 58.5 Å². The van der Waals surface area contributed by atoms with Gasteiger partial charge in [-0.15, -0.1) is 0 Å². The van der Waals surface area contributed by atoms with E-state index in [4.69, 9.17) is 21.9 Å². The molecule has 1 aromatic carbocycles. The van der Waals surface area contributed by atoms with Gasteiger partial charge in [0.15, 0.2) is 0 Å². The van der Waals surface area contributed by atoms with Gasteiger partial charge in [-0.2, -0.15) is 0 Å². The summed E-state index contributed by atoms with van der Waals surface area (Å²) in [6.07, 6.45) is 1.40. The molecule has 0 spiro atoms. The average molecular weight is 308 g/mol. The zero-order chi connectivity index (χ0) is 15.4. The highest BCUT2D eigenvalue weighted by Gasteiger charge is 2.15. The topological polar surface area (TPSA) is 71.5 Å². The van der Waals surface area contributed by atoms with Crippen LogP contribution in [0, 0.1) is 0 Å². The highest BCUT2D eigenvalue weighted by Crippen LogP contribution is 2.23. The molecule has 1 amide bonds. The summed E-state index contributed by atoms with van der Waals surface area (Å²) in [7, 11) is 1.98. The summed E-state index contributed by atoms with van der Waals surface area (Å²) in [5.41, 5.74) is 3.61. The van der Waals surface area contributed by atoms with E-state index in [0.717, 1.165) is 5.56 Å². The van der Waals surface area contributed by atoms with Crippen LogP contribution in [0.2, 0.25) is 5.02 Å². The molecule has 0 aliphatic carbocycles. The summed E-state index contributed by atoms with van der Waals surface area (Å²) >= 11 is 6.01. The molecule has 0 aliphatic rings. The first-order chi connectivity index (χ1) is 10.0. The Morgan fingerprint density at radius 2 is 2.24 bits per heavy atom. The molecular formula is C15H18ClN3O2. The molecule has 0 aliphatic heterocycles. The molecule has 0 fully saturated rings. The Morgan fingerprint density at radius 3 is 2.90 bits per heavy atom. The first-order valence-corrected chi connectivity index (χ1v) is 6.93. The summed E-state index contributed by atoms with van der Waals surface area (Å²) < 4.78 is 5.38. The Bertz CT molecular complexity index is 627. The molecular weight excluding hydrogens is 290 g/mol. The second-order valence-corrected chi connectivity index (χ2v) is 5.36. The van der Waals surface area contributed by atoms with E-state index in [0.29, 0.717) is 22.9 Å². The molecule has 0 saturated carbocycles. The minimum Gasteiger partial charge on any atom is -0.467 e. The second-order valence-electron chi connectivity index (χ2n) is 4.92. The summed E-state index contributed by atoms with van der Waals surface area (Å²) in [4.78, 5) is 13.5. The SMILES string of the molecule is CC(c1cccc(Cl)c1)N(C)Cc1cc(C(=O)NN)co1. The third-order valence-electron chi connectivity index (χ3n) is 3.44. The van der Waals surface area contributed by atoms with Gasteiger partial charge >= 0.3 is 0 Å². The van der Waals surface area contributed by atoms with Crippen molar-refractivity contribution in [2.45, 2.75) is 19.5 Å². The number of benzene rings is 1. The Kier molecular flexibility index (Phi) is 5.01. The zero-order valence-corrected chi connectivity index (χ0v) is 12.7. The van der Waals surface area contributed by atoms with E-state index in [9.17, 15) is 4.79 Å². The van der Waals surface area contributed by atoms with Gasteiger partial charge in [-0.25, -0.2) is 5.84 Å². The number of nitrogens with two attached hydrogens (primary N) is 1. The van der Waals surface area contributed by atoms with Gasteiger partial charge in [0.05, 0.1) is 12.1 Å². The maximum Gasteiger partial charge on any atom is 0.268 e. The summed E-state index contributed by atoms with van der Waals surface area (Å²) in [6.45, 7) is 2.66. The second kappa shape index (κ2) is 6.76. The minimum atomic E-state index is -0.365. The minimum absolute atomic E-state index is 0.167. The fourth-order valence-electron chi connectivity index (χ4n) is 2.07. The molecule has 2 rings (SSSR count). The molecule has 1 heterocycles. The maximum absolute atomic E-state index is 11.4. The van der Waals surface area contributed by atoms with Crippen LogP contribution in [0.4, 0.5) is 0 Å². The van der Waals surface area contributed by atoms with E-state index >= 15 is 0 Å². The number of rotatable bonds is 5. The van der Waals surface area contributed by atoms with Crippen molar-refractivity contribution >= 4 is 17.5 Å². The first-order valence-electron chi connectivity index (χ1n) is 6.55. The number of halogens is 1. The molecule has 6 heteroatoms. The number of nitrogens with one attached hydrogen (secondary N) is 1. The molecule has 0 saturated heterocycles. The van der Waals surface area contributed by atoms with E-state index in [1.54, 1.807) is 6.07 Å². The number of hydrazine groups is 1. The van der Waals surface area contributed by atoms with Gasteiger partial charge < -0.3 is 4.42 Å². The van der Waals surface area contributed by atoms with E-state index in [-0.39, 0.29) is 11.9 Å². The van der Waals surface area contributed by atoms with Crippen LogP contribution in [-0.2, 0) is 6.54 Å².